The highest BCUT2D eigenvalue weighted by molar-refractivity contribution is 7.80. The summed E-state index contributed by atoms with van der Waals surface area (Å²) in [4.78, 5) is 12.6. The topological polar surface area (TPSA) is 55.1 Å². The first kappa shape index (κ1) is 15.5. The van der Waals surface area contributed by atoms with Gasteiger partial charge in [0.05, 0.1) is 0 Å². The Balaban J connectivity index is 2.25. The second kappa shape index (κ2) is 6.70. The van der Waals surface area contributed by atoms with Gasteiger partial charge in [-0.2, -0.15) is 0 Å². The van der Waals surface area contributed by atoms with Crippen LogP contribution in [0.1, 0.15) is 27.5 Å². The van der Waals surface area contributed by atoms with Gasteiger partial charge in [0.2, 0.25) is 0 Å². The molecule has 0 saturated carbocycles. The molecule has 0 saturated heterocycles. The Kier molecular flexibility index (Phi) is 4.94. The molecule has 108 valence electrons. The van der Waals surface area contributed by atoms with Crippen LogP contribution >= 0.6 is 23.8 Å². The first-order valence-corrected chi connectivity index (χ1v) is 7.18. The predicted octanol–water partition coefficient (Wildman–Crippen LogP) is 3.41. The lowest BCUT2D eigenvalue weighted by atomic mass is 10.1. The molecule has 0 aliphatic heterocycles. The second-order valence-corrected chi connectivity index (χ2v) is 5.64. The molecule has 0 spiro atoms. The molecule has 21 heavy (non-hydrogen) atoms. The van der Waals surface area contributed by atoms with Crippen LogP contribution in [0.15, 0.2) is 48.5 Å². The monoisotopic (exact) mass is 318 g/mol. The molecule has 0 aromatic heterocycles. The van der Waals surface area contributed by atoms with Gasteiger partial charge in [0.1, 0.15) is 11.0 Å². The van der Waals surface area contributed by atoms with Gasteiger partial charge in [0.15, 0.2) is 0 Å². The molecule has 1 amide bonds. The fourth-order valence-corrected chi connectivity index (χ4v) is 2.53. The summed E-state index contributed by atoms with van der Waals surface area (Å²) in [5.41, 5.74) is 7.99. The SMILES string of the molecule is Cc1cc(Cl)cc(C(=O)NC(C(N)=S)c2ccccc2)c1. The van der Waals surface area contributed by atoms with Gasteiger partial charge in [-0.1, -0.05) is 54.2 Å². The normalized spacial score (nSPS) is 11.7. The zero-order valence-electron chi connectivity index (χ0n) is 11.5. The van der Waals surface area contributed by atoms with Crippen LogP contribution in [0.4, 0.5) is 0 Å². The third-order valence-electron chi connectivity index (χ3n) is 3.00. The molecule has 2 aromatic carbocycles. The summed E-state index contributed by atoms with van der Waals surface area (Å²) in [6, 6.07) is 14.0. The molecule has 2 aromatic rings. The molecule has 0 aliphatic carbocycles. The number of rotatable bonds is 4. The van der Waals surface area contributed by atoms with E-state index in [4.69, 9.17) is 29.6 Å². The van der Waals surface area contributed by atoms with E-state index in [2.05, 4.69) is 5.32 Å². The molecular weight excluding hydrogens is 304 g/mol. The maximum atomic E-state index is 12.4. The van der Waals surface area contributed by atoms with E-state index in [9.17, 15) is 4.79 Å². The molecule has 0 aliphatic rings. The summed E-state index contributed by atoms with van der Waals surface area (Å²) >= 11 is 11.0. The first-order valence-electron chi connectivity index (χ1n) is 6.39. The van der Waals surface area contributed by atoms with Crippen molar-refractivity contribution in [1.82, 2.24) is 5.32 Å². The smallest absolute Gasteiger partial charge is 0.252 e. The molecular formula is C16H15ClN2OS. The maximum absolute atomic E-state index is 12.4. The van der Waals surface area contributed by atoms with Crippen LogP contribution in [0.3, 0.4) is 0 Å². The fourth-order valence-electron chi connectivity index (χ4n) is 2.05. The van der Waals surface area contributed by atoms with Gasteiger partial charge in [0.25, 0.3) is 5.91 Å². The van der Waals surface area contributed by atoms with E-state index in [-0.39, 0.29) is 10.9 Å². The number of nitrogens with one attached hydrogen (secondary N) is 1. The van der Waals surface area contributed by atoms with Crippen molar-refractivity contribution in [2.24, 2.45) is 5.73 Å². The number of hydrogen-bond acceptors (Lipinski definition) is 2. The molecule has 3 nitrogen and oxygen atoms in total. The third-order valence-corrected chi connectivity index (χ3v) is 3.45. The Morgan fingerprint density at radius 2 is 1.90 bits per heavy atom. The molecule has 3 N–H and O–H groups in total. The highest BCUT2D eigenvalue weighted by atomic mass is 35.5. The minimum Gasteiger partial charge on any atom is -0.391 e. The zero-order chi connectivity index (χ0) is 15.4. The number of nitrogens with two attached hydrogens (primary N) is 1. The van der Waals surface area contributed by atoms with E-state index in [1.165, 1.54) is 0 Å². The summed E-state index contributed by atoms with van der Waals surface area (Å²) in [7, 11) is 0. The van der Waals surface area contributed by atoms with Crippen molar-refractivity contribution in [3.05, 3.63) is 70.2 Å². The Morgan fingerprint density at radius 1 is 1.24 bits per heavy atom. The average molecular weight is 319 g/mol. The lowest BCUT2D eigenvalue weighted by Crippen LogP contribution is -2.36. The Bertz CT molecular complexity index is 653. The third kappa shape index (κ3) is 4.03. The van der Waals surface area contributed by atoms with Crippen molar-refractivity contribution in [2.75, 3.05) is 0 Å². The highest BCUT2D eigenvalue weighted by Crippen LogP contribution is 2.17. The summed E-state index contributed by atoms with van der Waals surface area (Å²) in [6.07, 6.45) is 0. The summed E-state index contributed by atoms with van der Waals surface area (Å²) in [5.74, 6) is -0.262. The fraction of sp³-hybridized carbons (Fsp3) is 0.125. The molecule has 1 unspecified atom stereocenters. The summed E-state index contributed by atoms with van der Waals surface area (Å²) in [5, 5.41) is 3.36. The molecule has 5 heteroatoms. The number of aryl methyl sites for hydroxylation is 1. The van der Waals surface area contributed by atoms with E-state index in [0.29, 0.717) is 10.6 Å². The Morgan fingerprint density at radius 3 is 2.48 bits per heavy atom. The second-order valence-electron chi connectivity index (χ2n) is 4.74. The standard InChI is InChI=1S/C16H15ClN2OS/c1-10-7-12(9-13(17)8-10)16(20)19-14(15(18)21)11-5-3-2-4-6-11/h2-9,14H,1H3,(H2,18,21)(H,19,20). The van der Waals surface area contributed by atoms with Crippen molar-refractivity contribution >= 4 is 34.7 Å². The number of thiocarbonyl (C=S) groups is 1. The van der Waals surface area contributed by atoms with Gasteiger partial charge in [-0.25, -0.2) is 0 Å². The lowest BCUT2D eigenvalue weighted by Gasteiger charge is -2.18. The van der Waals surface area contributed by atoms with Crippen LogP contribution in [0.5, 0.6) is 0 Å². The van der Waals surface area contributed by atoms with Gasteiger partial charge in [0, 0.05) is 10.6 Å². The quantitative estimate of drug-likeness (QED) is 0.849. The summed E-state index contributed by atoms with van der Waals surface area (Å²) in [6.45, 7) is 1.88. The van der Waals surface area contributed by atoms with Crippen LogP contribution in [-0.2, 0) is 0 Å². The number of benzene rings is 2. The van der Waals surface area contributed by atoms with Gasteiger partial charge >= 0.3 is 0 Å². The predicted molar refractivity (Wildman–Crippen MR) is 89.6 cm³/mol. The minimum atomic E-state index is -0.506. The van der Waals surface area contributed by atoms with E-state index < -0.39 is 6.04 Å². The lowest BCUT2D eigenvalue weighted by molar-refractivity contribution is 0.0947. The molecule has 0 bridgehead atoms. The van der Waals surface area contributed by atoms with Crippen molar-refractivity contribution in [3.8, 4) is 0 Å². The van der Waals surface area contributed by atoms with Gasteiger partial charge in [-0.3, -0.25) is 4.79 Å². The Hall–Kier alpha value is -1.91. The summed E-state index contributed by atoms with van der Waals surface area (Å²) < 4.78 is 0. The van der Waals surface area contributed by atoms with Crippen molar-refractivity contribution in [2.45, 2.75) is 13.0 Å². The Labute approximate surface area is 134 Å². The molecule has 2 rings (SSSR count). The number of carbonyl (C=O) groups is 1. The maximum Gasteiger partial charge on any atom is 0.252 e. The van der Waals surface area contributed by atoms with Crippen molar-refractivity contribution in [1.29, 1.82) is 0 Å². The van der Waals surface area contributed by atoms with Crippen LogP contribution in [-0.4, -0.2) is 10.9 Å². The average Bonchev–Trinajstić information content (AvgIpc) is 2.44. The highest BCUT2D eigenvalue weighted by Gasteiger charge is 2.18. The van der Waals surface area contributed by atoms with Crippen LogP contribution < -0.4 is 11.1 Å². The number of halogens is 1. The zero-order valence-corrected chi connectivity index (χ0v) is 13.0. The first-order chi connectivity index (χ1) is 9.97. The number of hydrogen-bond donors (Lipinski definition) is 2. The van der Waals surface area contributed by atoms with Crippen molar-refractivity contribution in [3.63, 3.8) is 0 Å². The number of amides is 1. The van der Waals surface area contributed by atoms with Crippen molar-refractivity contribution < 1.29 is 4.79 Å². The number of carbonyl (C=O) groups excluding carboxylic acids is 1. The molecule has 0 fully saturated rings. The van der Waals surface area contributed by atoms with Gasteiger partial charge in [-0.15, -0.1) is 0 Å². The van der Waals surface area contributed by atoms with E-state index in [1.54, 1.807) is 18.2 Å². The van der Waals surface area contributed by atoms with Crippen LogP contribution in [0.25, 0.3) is 0 Å². The van der Waals surface area contributed by atoms with Gasteiger partial charge in [-0.05, 0) is 36.2 Å². The van der Waals surface area contributed by atoms with Crippen LogP contribution in [0, 0.1) is 6.92 Å². The molecule has 0 radical (unpaired) electrons. The minimum absolute atomic E-state index is 0.216. The molecule has 1 atom stereocenters. The van der Waals surface area contributed by atoms with Gasteiger partial charge < -0.3 is 11.1 Å². The van der Waals surface area contributed by atoms with Crippen LogP contribution in [0.2, 0.25) is 5.02 Å². The van der Waals surface area contributed by atoms with E-state index in [1.807, 2.05) is 37.3 Å². The van der Waals surface area contributed by atoms with E-state index in [0.717, 1.165) is 11.1 Å². The largest absolute Gasteiger partial charge is 0.391 e. The van der Waals surface area contributed by atoms with E-state index >= 15 is 0 Å². The molecule has 0 heterocycles.